The summed E-state index contributed by atoms with van der Waals surface area (Å²) in [6, 6.07) is 7.34. The van der Waals surface area contributed by atoms with E-state index in [-0.39, 0.29) is 0 Å². The molecule has 0 aliphatic carbocycles. The number of hydrogen-bond acceptors (Lipinski definition) is 1. The van der Waals surface area contributed by atoms with Gasteiger partial charge in [-0.2, -0.15) is 0 Å². The molecule has 0 saturated carbocycles. The first-order chi connectivity index (χ1) is 6.48. The predicted octanol–water partition coefficient (Wildman–Crippen LogP) is 3.21. The molecule has 0 aliphatic heterocycles. The van der Waals surface area contributed by atoms with E-state index in [0.29, 0.717) is 0 Å². The summed E-state index contributed by atoms with van der Waals surface area (Å²) in [7, 11) is 1.61. The fourth-order valence-corrected chi connectivity index (χ4v) is 1.02. The lowest BCUT2D eigenvalue weighted by molar-refractivity contribution is 0.414. The van der Waals surface area contributed by atoms with Crippen LogP contribution < -0.4 is 4.74 Å². The standard InChI is InChI=1S/C11H16O/c1-4-9(2)10-5-7-11(12-3)8-6-10/h5-9H,4H2,1-3H3/i4D,9D. The lowest BCUT2D eigenvalue weighted by Gasteiger charge is -2.08. The maximum atomic E-state index is 8.02. The van der Waals surface area contributed by atoms with Gasteiger partial charge in [-0.25, -0.2) is 0 Å². The molecule has 0 bridgehead atoms. The molecule has 66 valence electrons. The molecule has 2 atom stereocenters. The van der Waals surface area contributed by atoms with Crippen molar-refractivity contribution in [3.8, 4) is 5.75 Å². The van der Waals surface area contributed by atoms with Crippen molar-refractivity contribution in [2.75, 3.05) is 7.11 Å². The van der Waals surface area contributed by atoms with E-state index in [2.05, 4.69) is 0 Å². The van der Waals surface area contributed by atoms with Gasteiger partial charge in [-0.05, 0) is 30.0 Å². The Labute approximate surface area is 77.2 Å². The Kier molecular flexibility index (Phi) is 2.26. The third-order valence-electron chi connectivity index (χ3n) is 1.98. The molecule has 1 nitrogen and oxygen atoms in total. The quantitative estimate of drug-likeness (QED) is 0.670. The molecule has 0 heterocycles. The SMILES string of the molecule is [2H]C(C)C([2H])(C)c1ccc(OC)cc1. The molecule has 0 spiro atoms. The van der Waals surface area contributed by atoms with Gasteiger partial charge < -0.3 is 4.74 Å². The maximum Gasteiger partial charge on any atom is 0.118 e. The van der Waals surface area contributed by atoms with E-state index in [1.165, 1.54) is 0 Å². The van der Waals surface area contributed by atoms with Gasteiger partial charge in [0.1, 0.15) is 5.75 Å². The Bertz CT molecular complexity index is 291. The number of benzene rings is 1. The second-order valence-electron chi connectivity index (χ2n) is 2.70. The van der Waals surface area contributed by atoms with E-state index >= 15 is 0 Å². The van der Waals surface area contributed by atoms with Crippen LogP contribution in [0.1, 0.15) is 34.4 Å². The average Bonchev–Trinajstić information content (AvgIpc) is 2.17. The molecule has 12 heavy (non-hydrogen) atoms. The summed E-state index contributed by atoms with van der Waals surface area (Å²) in [5.74, 6) is -0.0751. The Balaban J connectivity index is 2.97. The van der Waals surface area contributed by atoms with Gasteiger partial charge in [0.25, 0.3) is 0 Å². The van der Waals surface area contributed by atoms with Crippen LogP contribution in [0.5, 0.6) is 5.75 Å². The van der Waals surface area contributed by atoms with E-state index in [4.69, 9.17) is 7.48 Å². The molecule has 2 unspecified atom stereocenters. The van der Waals surface area contributed by atoms with Crippen molar-refractivity contribution in [1.29, 1.82) is 0 Å². The van der Waals surface area contributed by atoms with Crippen molar-refractivity contribution in [2.45, 2.75) is 26.1 Å². The largest absolute Gasteiger partial charge is 0.497 e. The van der Waals surface area contributed by atoms with Crippen molar-refractivity contribution in [3.63, 3.8) is 0 Å². The molecule has 1 rings (SSSR count). The van der Waals surface area contributed by atoms with Crippen LogP contribution in [0.3, 0.4) is 0 Å². The lowest BCUT2D eigenvalue weighted by atomic mass is 9.99. The monoisotopic (exact) mass is 166 g/mol. The van der Waals surface area contributed by atoms with Crippen molar-refractivity contribution in [1.82, 2.24) is 0 Å². The van der Waals surface area contributed by atoms with Gasteiger partial charge in [-0.3, -0.25) is 0 Å². The van der Waals surface area contributed by atoms with Crippen LogP contribution in [0.2, 0.25) is 0 Å². The highest BCUT2D eigenvalue weighted by molar-refractivity contribution is 5.28. The summed E-state index contributed by atoms with van der Waals surface area (Å²) in [6.45, 7) is 3.49. The Morgan fingerprint density at radius 3 is 2.50 bits per heavy atom. The van der Waals surface area contributed by atoms with Crippen molar-refractivity contribution in [2.24, 2.45) is 0 Å². The Morgan fingerprint density at radius 2 is 2.08 bits per heavy atom. The first-order valence-corrected chi connectivity index (χ1v) is 4.05. The van der Waals surface area contributed by atoms with E-state index < -0.39 is 12.3 Å². The highest BCUT2D eigenvalue weighted by atomic mass is 16.5. The summed E-state index contributed by atoms with van der Waals surface area (Å²) in [5, 5.41) is 0. The van der Waals surface area contributed by atoms with Crippen LogP contribution >= 0.6 is 0 Å². The topological polar surface area (TPSA) is 9.23 Å². The molecule has 0 saturated heterocycles. The molecule has 0 aromatic heterocycles. The molecular weight excluding hydrogens is 148 g/mol. The minimum absolute atomic E-state index is 0.448. The number of ether oxygens (including phenoxy) is 1. The third-order valence-corrected chi connectivity index (χ3v) is 1.98. The fraction of sp³-hybridized carbons (Fsp3) is 0.455. The molecule has 0 radical (unpaired) electrons. The van der Waals surface area contributed by atoms with Crippen LogP contribution in [0.15, 0.2) is 24.3 Å². The molecule has 0 fully saturated rings. The van der Waals surface area contributed by atoms with Crippen LogP contribution in [-0.4, -0.2) is 7.11 Å². The third kappa shape index (κ3) is 2.00. The summed E-state index contributed by atoms with van der Waals surface area (Å²) in [4.78, 5) is 0. The lowest BCUT2D eigenvalue weighted by Crippen LogP contribution is -1.90. The molecule has 1 aromatic rings. The number of rotatable bonds is 3. The van der Waals surface area contributed by atoms with E-state index in [0.717, 1.165) is 11.3 Å². The van der Waals surface area contributed by atoms with E-state index in [9.17, 15) is 0 Å². The smallest absolute Gasteiger partial charge is 0.118 e. The Hall–Kier alpha value is -0.980. The van der Waals surface area contributed by atoms with Gasteiger partial charge in [0.15, 0.2) is 0 Å². The van der Waals surface area contributed by atoms with Crippen LogP contribution in [0, 0.1) is 0 Å². The van der Waals surface area contributed by atoms with Gasteiger partial charge in [0.2, 0.25) is 0 Å². The molecule has 1 aromatic carbocycles. The minimum atomic E-state index is -0.855. The van der Waals surface area contributed by atoms with Crippen LogP contribution in [-0.2, 0) is 0 Å². The molecule has 0 amide bonds. The maximum absolute atomic E-state index is 8.02. The normalized spacial score (nSPS) is 20.2. The molecular formula is C11H16O. The van der Waals surface area contributed by atoms with E-state index in [1.807, 2.05) is 24.3 Å². The van der Waals surface area contributed by atoms with Crippen molar-refractivity contribution < 1.29 is 7.48 Å². The van der Waals surface area contributed by atoms with Gasteiger partial charge in [0.05, 0.1) is 7.11 Å². The first kappa shape index (κ1) is 6.53. The number of hydrogen-bond donors (Lipinski definition) is 0. The van der Waals surface area contributed by atoms with Crippen LogP contribution in [0.25, 0.3) is 0 Å². The molecule has 0 N–H and O–H groups in total. The summed E-state index contributed by atoms with van der Waals surface area (Å²) >= 11 is 0. The molecule has 0 aliphatic rings. The van der Waals surface area contributed by atoms with Gasteiger partial charge >= 0.3 is 0 Å². The summed E-state index contributed by atoms with van der Waals surface area (Å²) in [6.07, 6.45) is -0.448. The Morgan fingerprint density at radius 1 is 1.50 bits per heavy atom. The van der Waals surface area contributed by atoms with Gasteiger partial charge in [0, 0.05) is 2.74 Å². The van der Waals surface area contributed by atoms with Crippen molar-refractivity contribution in [3.05, 3.63) is 29.8 Å². The second kappa shape index (κ2) is 4.15. The van der Waals surface area contributed by atoms with Crippen molar-refractivity contribution >= 4 is 0 Å². The highest BCUT2D eigenvalue weighted by Gasteiger charge is 2.01. The minimum Gasteiger partial charge on any atom is -0.497 e. The van der Waals surface area contributed by atoms with Crippen LogP contribution in [0.4, 0.5) is 0 Å². The fourth-order valence-electron chi connectivity index (χ4n) is 1.02. The number of methoxy groups -OCH3 is 1. The van der Waals surface area contributed by atoms with Gasteiger partial charge in [-0.15, -0.1) is 0 Å². The zero-order valence-corrected chi connectivity index (χ0v) is 7.79. The predicted molar refractivity (Wildman–Crippen MR) is 51.7 cm³/mol. The zero-order valence-electron chi connectivity index (χ0n) is 9.79. The van der Waals surface area contributed by atoms with Gasteiger partial charge in [-0.1, -0.05) is 26.0 Å². The molecule has 1 heteroatoms. The zero-order chi connectivity index (χ0) is 10.8. The second-order valence-corrected chi connectivity index (χ2v) is 2.70. The van der Waals surface area contributed by atoms with E-state index in [1.54, 1.807) is 21.0 Å². The summed E-state index contributed by atoms with van der Waals surface area (Å²) < 4.78 is 20.7. The highest BCUT2D eigenvalue weighted by Crippen LogP contribution is 2.20. The average molecular weight is 166 g/mol. The first-order valence-electron chi connectivity index (χ1n) is 5.13. The summed E-state index contributed by atoms with van der Waals surface area (Å²) in [5.41, 5.74) is 0.848.